The number of aromatic nitrogens is 16. The molecule has 0 aliphatic rings. The summed E-state index contributed by atoms with van der Waals surface area (Å²) in [5, 5.41) is 16.1. The van der Waals surface area contributed by atoms with Crippen LogP contribution in [-0.2, 0) is 0 Å². The molecule has 16 nitrogen and oxygen atoms in total. The highest BCUT2D eigenvalue weighted by Gasteiger charge is 2.27. The molecule has 0 atom stereocenters. The summed E-state index contributed by atoms with van der Waals surface area (Å²) in [7, 11) is 0. The lowest BCUT2D eigenvalue weighted by Gasteiger charge is -2.14. The highest BCUT2D eigenvalue weighted by molar-refractivity contribution is 6.15. The molecule has 0 saturated carbocycles. The van der Waals surface area contributed by atoms with Crippen molar-refractivity contribution in [1.29, 1.82) is 0 Å². The van der Waals surface area contributed by atoms with E-state index in [1.807, 2.05) is 18.2 Å². The van der Waals surface area contributed by atoms with E-state index in [-0.39, 0.29) is 0 Å². The van der Waals surface area contributed by atoms with E-state index >= 15 is 0 Å². The molecular weight excluding hydrogens is 1490 g/mol. The van der Waals surface area contributed by atoms with Crippen molar-refractivity contribution >= 4 is 153 Å². The fraction of sp³-hybridized carbons (Fsp3) is 0. The van der Waals surface area contributed by atoms with E-state index in [4.69, 9.17) is 44.9 Å². The molecule has 0 unspecified atom stereocenters. The second-order valence-electron chi connectivity index (χ2n) is 30.5. The number of nitrogens with zero attached hydrogens (tertiary/aromatic N) is 16. The first-order valence-corrected chi connectivity index (χ1v) is 40.4. The summed E-state index contributed by atoms with van der Waals surface area (Å²) in [5.41, 5.74) is 18.1. The number of fused-ring (bicyclic) bond motifs is 21. The molecule has 16 aromatic carbocycles. The maximum absolute atomic E-state index is 5.37. The molecule has 0 radical (unpaired) electrons. The fourth-order valence-corrected chi connectivity index (χ4v) is 18.6. The fourth-order valence-electron chi connectivity index (χ4n) is 18.6. The summed E-state index contributed by atoms with van der Waals surface area (Å²) in [5.74, 6) is 4.78. The minimum atomic E-state index is 0.505. The lowest BCUT2D eigenvalue weighted by atomic mass is 10.1. The van der Waals surface area contributed by atoms with Gasteiger partial charge in [0.15, 0.2) is 17.5 Å². The van der Waals surface area contributed by atoms with Crippen LogP contribution in [0.15, 0.2) is 388 Å². The number of hydrogen-bond acceptors (Lipinski definition) is 9. The molecule has 0 fully saturated rings. The van der Waals surface area contributed by atoms with Gasteiger partial charge in [0.2, 0.25) is 35.7 Å². The molecule has 26 rings (SSSR count). The largest absolute Gasteiger partial charge is 0.309 e. The molecule has 0 aliphatic heterocycles. The lowest BCUT2D eigenvalue weighted by molar-refractivity contribution is 0.891. The molecular formula is C105H64N16. The van der Waals surface area contributed by atoms with E-state index in [1.54, 1.807) is 0 Å². The summed E-state index contributed by atoms with van der Waals surface area (Å²) in [4.78, 5) is 47.9. The predicted octanol–water partition coefficient (Wildman–Crippen LogP) is 24.6. The van der Waals surface area contributed by atoms with Crippen LogP contribution in [0.5, 0.6) is 0 Å². The average Bonchev–Trinajstić information content (AvgIpc) is 1.41. The van der Waals surface area contributed by atoms with Gasteiger partial charge in [0.1, 0.15) is 0 Å². The van der Waals surface area contributed by atoms with Crippen LogP contribution in [0.2, 0.25) is 0 Å². The van der Waals surface area contributed by atoms with Crippen molar-refractivity contribution in [2.45, 2.75) is 0 Å². The molecule has 10 aromatic heterocycles. The second-order valence-corrected chi connectivity index (χ2v) is 30.5. The van der Waals surface area contributed by atoms with E-state index in [9.17, 15) is 0 Å². The molecule has 0 bridgehead atoms. The van der Waals surface area contributed by atoms with Gasteiger partial charge in [-0.15, -0.1) is 0 Å². The molecule has 0 aliphatic carbocycles. The Morgan fingerprint density at radius 2 is 0.281 bits per heavy atom. The Kier molecular flexibility index (Phi) is 15.0. The van der Waals surface area contributed by atoms with Crippen LogP contribution in [0.1, 0.15) is 0 Å². The van der Waals surface area contributed by atoms with Gasteiger partial charge in [-0.3, -0.25) is 27.4 Å². The van der Waals surface area contributed by atoms with Gasteiger partial charge in [-0.2, -0.15) is 44.9 Å². The Morgan fingerprint density at radius 3 is 0.463 bits per heavy atom. The Labute approximate surface area is 689 Å². The van der Waals surface area contributed by atoms with Gasteiger partial charge in [-0.1, -0.05) is 273 Å². The number of hydrogen-bond donors (Lipinski definition) is 0. The van der Waals surface area contributed by atoms with Crippen molar-refractivity contribution < 1.29 is 0 Å². The smallest absolute Gasteiger partial charge is 0.240 e. The van der Waals surface area contributed by atoms with Gasteiger partial charge in [0, 0.05) is 97.8 Å². The Morgan fingerprint density at radius 1 is 0.124 bits per heavy atom. The van der Waals surface area contributed by atoms with Gasteiger partial charge < -0.3 is 4.57 Å². The molecule has 16 heteroatoms. The van der Waals surface area contributed by atoms with Gasteiger partial charge in [0.05, 0.1) is 77.2 Å². The van der Waals surface area contributed by atoms with Gasteiger partial charge in [0.25, 0.3) is 0 Å². The van der Waals surface area contributed by atoms with Gasteiger partial charge >= 0.3 is 0 Å². The van der Waals surface area contributed by atoms with Crippen LogP contribution in [0.4, 0.5) is 0 Å². The van der Waals surface area contributed by atoms with Gasteiger partial charge in [-0.25, -0.2) is 0 Å². The second kappa shape index (κ2) is 26.9. The van der Waals surface area contributed by atoms with Crippen LogP contribution in [0.3, 0.4) is 0 Å². The highest BCUT2D eigenvalue weighted by atomic mass is 15.3. The lowest BCUT2D eigenvalue weighted by Crippen LogP contribution is -2.11. The zero-order valence-corrected chi connectivity index (χ0v) is 64.6. The normalized spacial score (nSPS) is 12.0. The monoisotopic (exact) mass is 1550 g/mol. The van der Waals surface area contributed by atoms with Crippen LogP contribution in [-0.4, -0.2) is 76.8 Å². The van der Waals surface area contributed by atoms with Crippen LogP contribution < -0.4 is 0 Å². The molecule has 121 heavy (non-hydrogen) atoms. The van der Waals surface area contributed by atoms with Crippen molar-refractivity contribution in [3.05, 3.63) is 388 Å². The first-order chi connectivity index (χ1) is 60.0. The Hall–Kier alpha value is -16.9. The van der Waals surface area contributed by atoms with E-state index in [0.717, 1.165) is 153 Å². The number of para-hydroxylation sites is 14. The third-order valence-corrected chi connectivity index (χ3v) is 23.9. The maximum atomic E-state index is 5.37. The topological polar surface area (TPSA) is 151 Å². The highest BCUT2D eigenvalue weighted by Crippen LogP contribution is 2.42. The predicted molar refractivity (Wildman–Crippen MR) is 490 cm³/mol. The number of rotatable bonds is 10. The van der Waals surface area contributed by atoms with Gasteiger partial charge in [-0.05, 0) is 115 Å². The molecule has 564 valence electrons. The maximum Gasteiger partial charge on any atom is 0.240 e. The molecule has 26 aromatic rings. The zero-order valence-electron chi connectivity index (χ0n) is 64.6. The molecule has 0 spiro atoms. The molecule has 10 heterocycles. The Balaban J connectivity index is 0.000000140. The molecule has 0 saturated heterocycles. The minimum Gasteiger partial charge on any atom is -0.309 e. The first kappa shape index (κ1) is 67.5. The van der Waals surface area contributed by atoms with Crippen molar-refractivity contribution in [2.75, 3.05) is 0 Å². The summed E-state index contributed by atoms with van der Waals surface area (Å²) in [6, 6.07) is 135. The molecule has 0 amide bonds. The summed E-state index contributed by atoms with van der Waals surface area (Å²) in [6.45, 7) is 0. The van der Waals surface area contributed by atoms with E-state index in [0.29, 0.717) is 53.2 Å². The van der Waals surface area contributed by atoms with Crippen LogP contribution in [0.25, 0.3) is 228 Å². The van der Waals surface area contributed by atoms with E-state index in [1.165, 1.54) is 21.8 Å². The molecule has 0 N–H and O–H groups in total. The average molecular weight is 1550 g/mol. The summed E-state index contributed by atoms with van der Waals surface area (Å²) >= 11 is 0. The SMILES string of the molecule is c1cc(-c2nc(-n3c4ccccc4c4ccccc43)nc(-n3c4ccccc4c4ccccc43)n2)cc(-c2nc(-n3c4ccccc4c4ccccc43)nc(-n3c4ccccc4c4ccccc43)n2)c1.c1ccc2c(c1)c1ccccc1n2-c1ccc(-c2nc(-n3c4ccccc4c4ccccc43)nc(-n3c4ccccc4c4ccccc43)n2)cc1. The number of benzene rings is 16. The van der Waals surface area contributed by atoms with Crippen molar-refractivity contribution in [2.24, 2.45) is 0 Å². The third-order valence-electron chi connectivity index (χ3n) is 23.9. The van der Waals surface area contributed by atoms with Crippen LogP contribution >= 0.6 is 0 Å². The van der Waals surface area contributed by atoms with Crippen molar-refractivity contribution in [1.82, 2.24) is 76.8 Å². The summed E-state index contributed by atoms with van der Waals surface area (Å²) in [6.07, 6.45) is 0. The standard InChI is InChI=1S/C60H36N10.C45H28N6/c1-9-28-47-39(20-1)40-21-2-10-29-48(40)67(47)57-61-55(62-58(65-57)68-49-30-11-3-22-41(49)42-23-4-12-31-50(42)68)37-18-17-19-38(36-37)56-63-59(69-51-32-13-5-24-43(51)44-25-6-14-33-52(44)69)66-60(64-56)70-53-34-15-7-26-45(53)46-27-8-16-35-54(46)70;1-7-19-37-31(13-1)32-14-2-8-20-38(32)49(37)30-27-25-29(26-28-30)43-46-44(50-39-21-9-3-15-33(39)34-16-4-10-22-40(34)50)48-45(47-43)51-41-23-11-5-17-35(41)36-18-6-12-24-42(36)51/h1-36H;1-28H. The zero-order chi connectivity index (χ0) is 79.3. The third kappa shape index (κ3) is 10.5. The Bertz CT molecular complexity index is 7710. The van der Waals surface area contributed by atoms with Crippen molar-refractivity contribution in [3.8, 4) is 75.5 Å². The van der Waals surface area contributed by atoms with Crippen molar-refractivity contribution in [3.63, 3.8) is 0 Å². The van der Waals surface area contributed by atoms with Crippen LogP contribution in [0, 0.1) is 0 Å². The minimum absolute atomic E-state index is 0.505. The van der Waals surface area contributed by atoms with E-state index < -0.39 is 0 Å². The first-order valence-electron chi connectivity index (χ1n) is 40.4. The van der Waals surface area contributed by atoms with E-state index in [2.05, 4.69) is 402 Å². The quantitative estimate of drug-likeness (QED) is 0.130. The summed E-state index contributed by atoms with van der Waals surface area (Å²) < 4.78 is 15.3.